The molecule has 0 aromatic heterocycles. The van der Waals surface area contributed by atoms with Crippen LogP contribution in [0.5, 0.6) is 0 Å². The van der Waals surface area contributed by atoms with Crippen molar-refractivity contribution in [1.29, 1.82) is 0 Å². The maximum atomic E-state index is 13.4. The van der Waals surface area contributed by atoms with Gasteiger partial charge in [-0.3, -0.25) is 0 Å². The monoisotopic (exact) mass is 324 g/mol. The van der Waals surface area contributed by atoms with Gasteiger partial charge >= 0.3 is 0 Å². The second-order valence-corrected chi connectivity index (χ2v) is 9.97. The molecule has 1 aromatic carbocycles. The van der Waals surface area contributed by atoms with Crippen LogP contribution in [0.2, 0.25) is 18.1 Å². The zero-order chi connectivity index (χ0) is 15.1. The third-order valence-electron chi connectivity index (χ3n) is 4.82. The van der Waals surface area contributed by atoms with Gasteiger partial charge in [-0.25, -0.2) is 4.39 Å². The third kappa shape index (κ3) is 4.96. The van der Waals surface area contributed by atoms with Gasteiger partial charge in [0.2, 0.25) is 0 Å². The minimum Gasteiger partial charge on any atom is -0.205 e. The van der Waals surface area contributed by atoms with Crippen molar-refractivity contribution in [2.75, 3.05) is 0 Å². The Balaban J connectivity index is 1.84. The van der Waals surface area contributed by atoms with E-state index in [1.165, 1.54) is 49.8 Å². The van der Waals surface area contributed by atoms with Gasteiger partial charge in [0.25, 0.3) is 0 Å². The van der Waals surface area contributed by atoms with Crippen molar-refractivity contribution in [3.63, 3.8) is 0 Å². The quantitative estimate of drug-likeness (QED) is 0.414. The Labute approximate surface area is 135 Å². The molecular formula is C18H26ClFSi. The predicted octanol–water partition coefficient (Wildman–Crippen LogP) is 6.49. The SMILES string of the molecule is CCCCC[SiH]1CCC(c2ccc(/C(F)=C/Cl)cc2)CC1. The topological polar surface area (TPSA) is 0 Å². The van der Waals surface area contributed by atoms with Crippen LogP contribution >= 0.6 is 11.6 Å². The number of benzene rings is 1. The van der Waals surface area contributed by atoms with Crippen LogP contribution in [-0.4, -0.2) is 8.80 Å². The summed E-state index contributed by atoms with van der Waals surface area (Å²) < 4.78 is 13.4. The highest BCUT2D eigenvalue weighted by atomic mass is 35.5. The molecular weight excluding hydrogens is 299 g/mol. The molecule has 0 saturated carbocycles. The minimum absolute atomic E-state index is 0.352. The molecule has 0 bridgehead atoms. The van der Waals surface area contributed by atoms with E-state index in [1.807, 2.05) is 12.1 Å². The molecule has 0 nitrogen and oxygen atoms in total. The summed E-state index contributed by atoms with van der Waals surface area (Å²) in [6.45, 7) is 2.28. The maximum Gasteiger partial charge on any atom is 0.141 e. The number of hydrogen-bond acceptors (Lipinski definition) is 0. The lowest BCUT2D eigenvalue weighted by molar-refractivity contribution is 0.603. The Kier molecular flexibility index (Phi) is 6.98. The highest BCUT2D eigenvalue weighted by molar-refractivity contribution is 6.59. The highest BCUT2D eigenvalue weighted by Gasteiger charge is 2.22. The Hall–Kier alpha value is -0.603. The zero-order valence-electron chi connectivity index (χ0n) is 13.0. The first-order valence-corrected chi connectivity index (χ1v) is 11.2. The van der Waals surface area contributed by atoms with Gasteiger partial charge in [0.05, 0.1) is 0 Å². The van der Waals surface area contributed by atoms with Crippen LogP contribution in [0.25, 0.3) is 5.83 Å². The fourth-order valence-corrected chi connectivity index (χ4v) is 7.05. The number of rotatable bonds is 6. The van der Waals surface area contributed by atoms with Crippen LogP contribution in [0.3, 0.4) is 0 Å². The average Bonchev–Trinajstić information content (AvgIpc) is 2.55. The first-order valence-electron chi connectivity index (χ1n) is 8.30. The summed E-state index contributed by atoms with van der Waals surface area (Å²) in [7, 11) is -0.438. The van der Waals surface area contributed by atoms with Crippen molar-refractivity contribution in [2.45, 2.75) is 63.1 Å². The molecule has 21 heavy (non-hydrogen) atoms. The van der Waals surface area contributed by atoms with Gasteiger partial charge < -0.3 is 0 Å². The van der Waals surface area contributed by atoms with Crippen molar-refractivity contribution in [2.24, 2.45) is 0 Å². The normalized spacial score (nSPS) is 23.3. The van der Waals surface area contributed by atoms with Crippen LogP contribution in [-0.2, 0) is 0 Å². The molecule has 1 fully saturated rings. The fourth-order valence-electron chi connectivity index (χ4n) is 3.44. The van der Waals surface area contributed by atoms with Gasteiger partial charge in [0.1, 0.15) is 5.83 Å². The molecule has 1 aliphatic rings. The van der Waals surface area contributed by atoms with E-state index >= 15 is 0 Å². The molecule has 0 atom stereocenters. The lowest BCUT2D eigenvalue weighted by atomic mass is 9.93. The molecule has 116 valence electrons. The Morgan fingerprint density at radius 3 is 2.48 bits per heavy atom. The summed E-state index contributed by atoms with van der Waals surface area (Å²) >= 11 is 5.41. The smallest absolute Gasteiger partial charge is 0.141 e. The molecule has 3 heteroatoms. The molecule has 2 rings (SSSR count). The first kappa shape index (κ1) is 16.8. The highest BCUT2D eigenvalue weighted by Crippen LogP contribution is 2.35. The second-order valence-electron chi connectivity index (χ2n) is 6.29. The van der Waals surface area contributed by atoms with E-state index in [0.29, 0.717) is 11.5 Å². The summed E-state index contributed by atoms with van der Waals surface area (Å²) in [6.07, 6.45) is 6.89. The molecule has 0 amide bonds. The van der Waals surface area contributed by atoms with Crippen LogP contribution in [0.4, 0.5) is 4.39 Å². The lowest BCUT2D eigenvalue weighted by Crippen LogP contribution is -2.20. The fraction of sp³-hybridized carbons (Fsp3) is 0.556. The molecule has 1 heterocycles. The largest absolute Gasteiger partial charge is 0.205 e. The van der Waals surface area contributed by atoms with Crippen LogP contribution in [0.1, 0.15) is 56.1 Å². The van der Waals surface area contributed by atoms with E-state index in [0.717, 1.165) is 5.54 Å². The molecule has 1 aromatic rings. The van der Waals surface area contributed by atoms with Gasteiger partial charge in [-0.2, -0.15) is 0 Å². The van der Waals surface area contributed by atoms with E-state index in [9.17, 15) is 4.39 Å². The van der Waals surface area contributed by atoms with Crippen molar-refractivity contribution in [1.82, 2.24) is 0 Å². The zero-order valence-corrected chi connectivity index (χ0v) is 14.9. The van der Waals surface area contributed by atoms with Gasteiger partial charge in [-0.15, -0.1) is 0 Å². The Bertz CT molecular complexity index is 447. The third-order valence-corrected chi connectivity index (χ3v) is 8.53. The number of halogens is 2. The standard InChI is InChI=1S/C18H26ClFSi/c1-2-3-4-11-21-12-9-16(10-13-21)15-5-7-17(8-6-15)18(20)14-19/h5-8,14,16,21H,2-4,9-13H2,1H3/b18-14-. The van der Waals surface area contributed by atoms with Crippen LogP contribution in [0.15, 0.2) is 29.8 Å². The Morgan fingerprint density at radius 1 is 1.24 bits per heavy atom. The molecule has 0 aliphatic carbocycles. The minimum atomic E-state index is -0.438. The number of unbranched alkanes of at least 4 members (excludes halogenated alkanes) is 2. The molecule has 0 spiro atoms. The van der Waals surface area contributed by atoms with E-state index < -0.39 is 8.80 Å². The lowest BCUT2D eigenvalue weighted by Gasteiger charge is -2.28. The summed E-state index contributed by atoms with van der Waals surface area (Å²) in [5, 5.41) is 0. The molecule has 0 radical (unpaired) electrons. The van der Waals surface area contributed by atoms with E-state index in [-0.39, 0.29) is 5.83 Å². The molecule has 0 N–H and O–H groups in total. The molecule has 0 unspecified atom stereocenters. The van der Waals surface area contributed by atoms with E-state index in [1.54, 1.807) is 6.04 Å². The summed E-state index contributed by atoms with van der Waals surface area (Å²) in [5.41, 5.74) is 2.96. The molecule has 1 saturated heterocycles. The maximum absolute atomic E-state index is 13.4. The number of hydrogen-bond donors (Lipinski definition) is 0. The van der Waals surface area contributed by atoms with E-state index in [4.69, 9.17) is 11.6 Å². The first-order chi connectivity index (χ1) is 10.2. The van der Waals surface area contributed by atoms with Gasteiger partial charge in [-0.1, -0.05) is 80.2 Å². The van der Waals surface area contributed by atoms with Gasteiger partial charge in [0.15, 0.2) is 0 Å². The second kappa shape index (κ2) is 8.75. The van der Waals surface area contributed by atoms with Crippen molar-refractivity contribution < 1.29 is 4.39 Å². The van der Waals surface area contributed by atoms with Crippen molar-refractivity contribution in [3.8, 4) is 0 Å². The predicted molar refractivity (Wildman–Crippen MR) is 94.5 cm³/mol. The van der Waals surface area contributed by atoms with Crippen molar-refractivity contribution >= 4 is 26.2 Å². The summed E-state index contributed by atoms with van der Waals surface area (Å²) in [4.78, 5) is 0. The summed E-state index contributed by atoms with van der Waals surface area (Å²) in [6, 6.07) is 12.4. The van der Waals surface area contributed by atoms with Crippen LogP contribution in [0, 0.1) is 0 Å². The van der Waals surface area contributed by atoms with Crippen LogP contribution < -0.4 is 0 Å². The van der Waals surface area contributed by atoms with Gasteiger partial charge in [-0.05, 0) is 24.3 Å². The average molecular weight is 325 g/mol. The Morgan fingerprint density at radius 2 is 1.90 bits per heavy atom. The summed E-state index contributed by atoms with van der Waals surface area (Å²) in [5.74, 6) is 0.340. The van der Waals surface area contributed by atoms with E-state index in [2.05, 4.69) is 19.1 Å². The molecule has 1 aliphatic heterocycles. The van der Waals surface area contributed by atoms with Gasteiger partial charge in [0, 0.05) is 19.9 Å². The van der Waals surface area contributed by atoms with Crippen molar-refractivity contribution in [3.05, 3.63) is 40.9 Å².